The van der Waals surface area contributed by atoms with Crippen molar-refractivity contribution in [1.29, 1.82) is 0 Å². The average molecular weight is 352 g/mol. The Morgan fingerprint density at radius 3 is 2.27 bits per heavy atom. The molecule has 0 unspecified atom stereocenters. The standard InChI is InChI=1S/C22H28N2O2/c1-17-4-6-18(7-5-17)16-24(20-12-14-23(2)15-13-20)22(25)19-8-10-21(26-3)11-9-19/h4-11,20H,12-16H2,1-3H3. The highest BCUT2D eigenvalue weighted by Gasteiger charge is 2.27. The minimum absolute atomic E-state index is 0.0998. The molecule has 3 rings (SSSR count). The number of amides is 1. The smallest absolute Gasteiger partial charge is 0.254 e. The summed E-state index contributed by atoms with van der Waals surface area (Å²) < 4.78 is 5.21. The molecule has 1 aliphatic rings. The third kappa shape index (κ3) is 4.44. The summed E-state index contributed by atoms with van der Waals surface area (Å²) in [5.74, 6) is 0.869. The molecule has 0 aromatic heterocycles. The number of nitrogens with zero attached hydrogens (tertiary/aromatic N) is 2. The first-order valence-electron chi connectivity index (χ1n) is 9.26. The van der Waals surface area contributed by atoms with Gasteiger partial charge in [0.25, 0.3) is 5.91 Å². The molecular formula is C22H28N2O2. The van der Waals surface area contributed by atoms with Gasteiger partial charge in [-0.3, -0.25) is 4.79 Å². The summed E-state index contributed by atoms with van der Waals surface area (Å²) in [5, 5.41) is 0. The van der Waals surface area contributed by atoms with Gasteiger partial charge in [-0.25, -0.2) is 0 Å². The lowest BCUT2D eigenvalue weighted by molar-refractivity contribution is 0.0569. The number of carbonyl (C=O) groups excluding carboxylic acids is 1. The molecule has 1 fully saturated rings. The van der Waals surface area contributed by atoms with Crippen LogP contribution in [-0.2, 0) is 6.54 Å². The molecule has 1 heterocycles. The lowest BCUT2D eigenvalue weighted by Gasteiger charge is -2.37. The van der Waals surface area contributed by atoms with Crippen LogP contribution in [0.25, 0.3) is 0 Å². The molecular weight excluding hydrogens is 324 g/mol. The van der Waals surface area contributed by atoms with Gasteiger partial charge >= 0.3 is 0 Å². The minimum Gasteiger partial charge on any atom is -0.497 e. The Kier molecular flexibility index (Phi) is 5.94. The lowest BCUT2D eigenvalue weighted by Crippen LogP contribution is -2.46. The maximum Gasteiger partial charge on any atom is 0.254 e. The van der Waals surface area contributed by atoms with Gasteiger partial charge in [-0.2, -0.15) is 0 Å². The van der Waals surface area contributed by atoms with Crippen LogP contribution in [0.3, 0.4) is 0 Å². The van der Waals surface area contributed by atoms with Crippen LogP contribution in [0.5, 0.6) is 5.75 Å². The Bertz CT molecular complexity index is 717. The molecule has 0 N–H and O–H groups in total. The maximum absolute atomic E-state index is 13.3. The van der Waals surface area contributed by atoms with Crippen LogP contribution in [0.15, 0.2) is 48.5 Å². The molecule has 0 radical (unpaired) electrons. The minimum atomic E-state index is 0.0998. The van der Waals surface area contributed by atoms with Crippen LogP contribution in [0, 0.1) is 6.92 Å². The van der Waals surface area contributed by atoms with Crippen LogP contribution < -0.4 is 4.74 Å². The van der Waals surface area contributed by atoms with Gasteiger partial charge in [-0.15, -0.1) is 0 Å². The Morgan fingerprint density at radius 1 is 1.08 bits per heavy atom. The number of hydrogen-bond acceptors (Lipinski definition) is 3. The van der Waals surface area contributed by atoms with Crippen molar-refractivity contribution in [2.45, 2.75) is 32.4 Å². The Hall–Kier alpha value is -2.33. The van der Waals surface area contributed by atoms with Gasteiger partial charge in [0, 0.05) is 18.2 Å². The normalized spacial score (nSPS) is 15.7. The number of ether oxygens (including phenoxy) is 1. The largest absolute Gasteiger partial charge is 0.497 e. The van der Waals surface area contributed by atoms with Crippen molar-refractivity contribution in [2.24, 2.45) is 0 Å². The molecule has 26 heavy (non-hydrogen) atoms. The van der Waals surface area contributed by atoms with E-state index in [9.17, 15) is 4.79 Å². The molecule has 2 aromatic carbocycles. The van der Waals surface area contributed by atoms with E-state index in [0.29, 0.717) is 6.54 Å². The number of aryl methyl sites for hydroxylation is 1. The highest BCUT2D eigenvalue weighted by molar-refractivity contribution is 5.94. The third-order valence-electron chi connectivity index (χ3n) is 5.20. The predicted octanol–water partition coefficient (Wildman–Crippen LogP) is 3.74. The number of rotatable bonds is 5. The molecule has 0 atom stereocenters. The Morgan fingerprint density at radius 2 is 1.69 bits per heavy atom. The first kappa shape index (κ1) is 18.5. The molecule has 138 valence electrons. The van der Waals surface area contributed by atoms with Crippen molar-refractivity contribution in [3.05, 3.63) is 65.2 Å². The Balaban J connectivity index is 1.83. The van der Waals surface area contributed by atoms with Gasteiger partial charge in [-0.05, 0) is 69.7 Å². The Labute approximate surface area is 156 Å². The quantitative estimate of drug-likeness (QED) is 0.822. The highest BCUT2D eigenvalue weighted by atomic mass is 16.5. The van der Waals surface area contributed by atoms with E-state index in [1.807, 2.05) is 24.3 Å². The van der Waals surface area contributed by atoms with Crippen LogP contribution in [0.4, 0.5) is 0 Å². The second-order valence-electron chi connectivity index (χ2n) is 7.18. The fourth-order valence-electron chi connectivity index (χ4n) is 3.46. The molecule has 1 amide bonds. The number of benzene rings is 2. The monoisotopic (exact) mass is 352 g/mol. The van der Waals surface area contributed by atoms with Crippen molar-refractivity contribution in [3.8, 4) is 5.75 Å². The third-order valence-corrected chi connectivity index (χ3v) is 5.20. The second kappa shape index (κ2) is 8.37. The summed E-state index contributed by atoms with van der Waals surface area (Å²) in [6.45, 7) is 4.80. The molecule has 1 aliphatic heterocycles. The first-order valence-corrected chi connectivity index (χ1v) is 9.26. The van der Waals surface area contributed by atoms with E-state index in [2.05, 4.69) is 48.0 Å². The molecule has 4 heteroatoms. The van der Waals surface area contributed by atoms with Crippen molar-refractivity contribution in [2.75, 3.05) is 27.2 Å². The van der Waals surface area contributed by atoms with E-state index in [4.69, 9.17) is 4.74 Å². The van der Waals surface area contributed by atoms with Gasteiger partial charge < -0.3 is 14.5 Å². The van der Waals surface area contributed by atoms with Gasteiger partial charge in [0.05, 0.1) is 7.11 Å². The molecule has 0 bridgehead atoms. The van der Waals surface area contributed by atoms with Gasteiger partial charge in [0.15, 0.2) is 0 Å². The van der Waals surface area contributed by atoms with Crippen LogP contribution in [-0.4, -0.2) is 49.0 Å². The van der Waals surface area contributed by atoms with Gasteiger partial charge in [0.2, 0.25) is 0 Å². The number of likely N-dealkylation sites (tertiary alicyclic amines) is 1. The highest BCUT2D eigenvalue weighted by Crippen LogP contribution is 2.22. The van der Waals surface area contributed by atoms with E-state index in [1.165, 1.54) is 11.1 Å². The van der Waals surface area contributed by atoms with E-state index < -0.39 is 0 Å². The topological polar surface area (TPSA) is 32.8 Å². The fraction of sp³-hybridized carbons (Fsp3) is 0.409. The van der Waals surface area contributed by atoms with E-state index in [1.54, 1.807) is 7.11 Å². The summed E-state index contributed by atoms with van der Waals surface area (Å²) in [5.41, 5.74) is 3.13. The van der Waals surface area contributed by atoms with Crippen molar-refractivity contribution >= 4 is 5.91 Å². The second-order valence-corrected chi connectivity index (χ2v) is 7.18. The zero-order chi connectivity index (χ0) is 18.5. The maximum atomic E-state index is 13.3. The number of hydrogen-bond donors (Lipinski definition) is 0. The molecule has 0 aliphatic carbocycles. The molecule has 1 saturated heterocycles. The van der Waals surface area contributed by atoms with Gasteiger partial charge in [-0.1, -0.05) is 29.8 Å². The van der Waals surface area contributed by atoms with Crippen molar-refractivity contribution < 1.29 is 9.53 Å². The lowest BCUT2D eigenvalue weighted by atomic mass is 10.0. The SMILES string of the molecule is COc1ccc(C(=O)N(Cc2ccc(C)cc2)C2CCN(C)CC2)cc1. The number of carbonyl (C=O) groups is 1. The van der Waals surface area contributed by atoms with Crippen LogP contribution in [0.2, 0.25) is 0 Å². The summed E-state index contributed by atoms with van der Waals surface area (Å²) in [4.78, 5) is 17.7. The van der Waals surface area contributed by atoms with E-state index >= 15 is 0 Å². The summed E-state index contributed by atoms with van der Waals surface area (Å²) >= 11 is 0. The fourth-order valence-corrected chi connectivity index (χ4v) is 3.46. The van der Waals surface area contributed by atoms with Crippen LogP contribution in [0.1, 0.15) is 34.3 Å². The molecule has 0 spiro atoms. The van der Waals surface area contributed by atoms with E-state index in [0.717, 1.165) is 37.2 Å². The number of methoxy groups -OCH3 is 1. The summed E-state index contributed by atoms with van der Waals surface area (Å²) in [6, 6.07) is 16.2. The van der Waals surface area contributed by atoms with Gasteiger partial charge in [0.1, 0.15) is 5.75 Å². The summed E-state index contributed by atoms with van der Waals surface area (Å²) in [6.07, 6.45) is 2.04. The predicted molar refractivity (Wildman–Crippen MR) is 105 cm³/mol. The summed E-state index contributed by atoms with van der Waals surface area (Å²) in [7, 11) is 3.78. The zero-order valence-corrected chi connectivity index (χ0v) is 15.9. The molecule has 4 nitrogen and oxygen atoms in total. The zero-order valence-electron chi connectivity index (χ0n) is 15.9. The van der Waals surface area contributed by atoms with Crippen molar-refractivity contribution in [1.82, 2.24) is 9.80 Å². The average Bonchev–Trinajstić information content (AvgIpc) is 2.68. The first-order chi connectivity index (χ1) is 12.6. The van der Waals surface area contributed by atoms with Crippen molar-refractivity contribution in [3.63, 3.8) is 0 Å². The van der Waals surface area contributed by atoms with E-state index in [-0.39, 0.29) is 11.9 Å². The molecule has 2 aromatic rings. The molecule has 0 saturated carbocycles. The van der Waals surface area contributed by atoms with Crippen LogP contribution >= 0.6 is 0 Å². The number of piperidine rings is 1.